The molecule has 3 rings (SSSR count). The minimum atomic E-state index is -0.279. The van der Waals surface area contributed by atoms with Crippen LogP contribution in [-0.2, 0) is 0 Å². The molecule has 0 saturated carbocycles. The second-order valence-corrected chi connectivity index (χ2v) is 7.54. The van der Waals surface area contributed by atoms with Crippen molar-refractivity contribution in [2.24, 2.45) is 0 Å². The summed E-state index contributed by atoms with van der Waals surface area (Å²) in [5, 5.41) is 3.54. The zero-order valence-electron chi connectivity index (χ0n) is 16.3. The number of nitrogens with one attached hydrogen (secondary N) is 1. The van der Waals surface area contributed by atoms with Crippen LogP contribution in [-0.4, -0.2) is 12.5 Å². The van der Waals surface area contributed by atoms with E-state index in [1.165, 1.54) is 0 Å². The van der Waals surface area contributed by atoms with E-state index in [4.69, 9.17) is 27.9 Å². The average molecular weight is 428 g/mol. The van der Waals surface area contributed by atoms with Crippen LogP contribution in [0.2, 0.25) is 10.0 Å². The van der Waals surface area contributed by atoms with Gasteiger partial charge < -0.3 is 10.1 Å². The Kier molecular flexibility index (Phi) is 7.56. The standard InChI is InChI=1S/C24H23Cl2NO2/c1-2-3-7-14-29-23-21(25)15-19(16-22(23)26)24(28)27-20-12-10-18(11-13-20)17-8-5-4-6-9-17/h4-6,8-13,15-16H,2-3,7,14H2,1H3,(H,27,28). The van der Waals surface area contributed by atoms with Gasteiger partial charge in [-0.1, -0.05) is 85.4 Å². The molecule has 0 bridgehead atoms. The number of carbonyl (C=O) groups excluding carboxylic acids is 1. The van der Waals surface area contributed by atoms with Gasteiger partial charge in [-0.25, -0.2) is 0 Å². The fourth-order valence-electron chi connectivity index (χ4n) is 2.94. The van der Waals surface area contributed by atoms with Crippen LogP contribution in [0.25, 0.3) is 11.1 Å². The van der Waals surface area contributed by atoms with Gasteiger partial charge in [0.05, 0.1) is 16.7 Å². The summed E-state index contributed by atoms with van der Waals surface area (Å²) in [6, 6.07) is 20.9. The van der Waals surface area contributed by atoms with Gasteiger partial charge >= 0.3 is 0 Å². The molecule has 0 radical (unpaired) electrons. The van der Waals surface area contributed by atoms with Gasteiger partial charge in [-0.2, -0.15) is 0 Å². The Balaban J connectivity index is 1.67. The summed E-state index contributed by atoms with van der Waals surface area (Å²) < 4.78 is 5.68. The molecule has 150 valence electrons. The van der Waals surface area contributed by atoms with Crippen LogP contribution >= 0.6 is 23.2 Å². The first-order chi connectivity index (χ1) is 14.1. The Labute approximate surface area is 181 Å². The first kappa shape index (κ1) is 21.2. The van der Waals surface area contributed by atoms with E-state index in [0.29, 0.717) is 33.7 Å². The normalized spacial score (nSPS) is 10.6. The maximum Gasteiger partial charge on any atom is 0.255 e. The van der Waals surface area contributed by atoms with Crippen molar-refractivity contribution in [2.45, 2.75) is 26.2 Å². The third kappa shape index (κ3) is 5.75. The van der Waals surface area contributed by atoms with E-state index < -0.39 is 0 Å². The summed E-state index contributed by atoms with van der Waals surface area (Å²) in [5.74, 6) is 0.145. The maximum absolute atomic E-state index is 12.6. The fraction of sp³-hybridized carbons (Fsp3) is 0.208. The number of hydrogen-bond donors (Lipinski definition) is 1. The summed E-state index contributed by atoms with van der Waals surface area (Å²) in [6.45, 7) is 2.68. The Bertz CT molecular complexity index is 933. The van der Waals surface area contributed by atoms with Crippen molar-refractivity contribution >= 4 is 34.8 Å². The van der Waals surface area contributed by atoms with Crippen molar-refractivity contribution < 1.29 is 9.53 Å². The number of rotatable bonds is 8. The molecule has 0 aliphatic carbocycles. The highest BCUT2D eigenvalue weighted by molar-refractivity contribution is 6.37. The van der Waals surface area contributed by atoms with Gasteiger partial charge in [-0.15, -0.1) is 0 Å². The number of amides is 1. The van der Waals surface area contributed by atoms with E-state index in [1.807, 2.05) is 54.6 Å². The van der Waals surface area contributed by atoms with Gasteiger partial charge in [0.15, 0.2) is 5.75 Å². The zero-order valence-corrected chi connectivity index (χ0v) is 17.8. The van der Waals surface area contributed by atoms with Gasteiger partial charge in [0.1, 0.15) is 0 Å². The number of hydrogen-bond acceptors (Lipinski definition) is 2. The van der Waals surface area contributed by atoms with Crippen molar-refractivity contribution in [3.8, 4) is 16.9 Å². The summed E-state index contributed by atoms with van der Waals surface area (Å²) >= 11 is 12.6. The minimum Gasteiger partial charge on any atom is -0.490 e. The number of carbonyl (C=O) groups is 1. The number of ether oxygens (including phenoxy) is 1. The minimum absolute atomic E-state index is 0.279. The lowest BCUT2D eigenvalue weighted by Crippen LogP contribution is -2.12. The van der Waals surface area contributed by atoms with E-state index in [2.05, 4.69) is 12.2 Å². The van der Waals surface area contributed by atoms with E-state index in [1.54, 1.807) is 12.1 Å². The number of anilines is 1. The third-order valence-electron chi connectivity index (χ3n) is 4.50. The molecular weight excluding hydrogens is 405 g/mol. The lowest BCUT2D eigenvalue weighted by Gasteiger charge is -2.12. The Morgan fingerprint density at radius 1 is 0.897 bits per heavy atom. The lowest BCUT2D eigenvalue weighted by molar-refractivity contribution is 0.102. The predicted molar refractivity (Wildman–Crippen MR) is 121 cm³/mol. The van der Waals surface area contributed by atoms with Crippen LogP contribution in [0.1, 0.15) is 36.5 Å². The lowest BCUT2D eigenvalue weighted by atomic mass is 10.1. The molecule has 3 aromatic carbocycles. The molecule has 0 heterocycles. The van der Waals surface area contributed by atoms with Crippen LogP contribution in [0.5, 0.6) is 5.75 Å². The molecule has 3 aromatic rings. The Hall–Kier alpha value is -2.49. The van der Waals surface area contributed by atoms with Crippen LogP contribution in [0.3, 0.4) is 0 Å². The topological polar surface area (TPSA) is 38.3 Å². The number of halogens is 2. The van der Waals surface area contributed by atoms with Crippen LogP contribution in [0, 0.1) is 0 Å². The molecule has 1 N–H and O–H groups in total. The summed E-state index contributed by atoms with van der Waals surface area (Å²) in [7, 11) is 0. The SMILES string of the molecule is CCCCCOc1c(Cl)cc(C(=O)Nc2ccc(-c3ccccc3)cc2)cc1Cl. The van der Waals surface area contributed by atoms with Gasteiger partial charge in [0, 0.05) is 11.3 Å². The first-order valence-electron chi connectivity index (χ1n) is 9.67. The molecule has 0 aromatic heterocycles. The van der Waals surface area contributed by atoms with Crippen LogP contribution in [0.15, 0.2) is 66.7 Å². The molecule has 0 unspecified atom stereocenters. The second kappa shape index (κ2) is 10.3. The highest BCUT2D eigenvalue weighted by atomic mass is 35.5. The van der Waals surface area contributed by atoms with Crippen molar-refractivity contribution in [3.05, 3.63) is 82.3 Å². The average Bonchev–Trinajstić information content (AvgIpc) is 2.73. The molecule has 29 heavy (non-hydrogen) atoms. The Morgan fingerprint density at radius 2 is 1.52 bits per heavy atom. The fourth-order valence-corrected chi connectivity index (χ4v) is 3.53. The molecular formula is C24H23Cl2NO2. The molecule has 0 aliphatic rings. The maximum atomic E-state index is 12.6. The second-order valence-electron chi connectivity index (χ2n) is 6.72. The molecule has 3 nitrogen and oxygen atoms in total. The van der Waals surface area contributed by atoms with Gasteiger partial charge in [-0.05, 0) is 41.8 Å². The van der Waals surface area contributed by atoms with Crippen molar-refractivity contribution in [1.82, 2.24) is 0 Å². The molecule has 0 spiro atoms. The molecule has 0 atom stereocenters. The number of unbranched alkanes of at least 4 members (excludes halogenated alkanes) is 2. The molecule has 0 aliphatic heterocycles. The van der Waals surface area contributed by atoms with E-state index in [-0.39, 0.29) is 5.91 Å². The quantitative estimate of drug-likeness (QED) is 0.378. The van der Waals surface area contributed by atoms with Gasteiger partial charge in [0.25, 0.3) is 5.91 Å². The van der Waals surface area contributed by atoms with E-state index in [0.717, 1.165) is 30.4 Å². The van der Waals surface area contributed by atoms with Crippen molar-refractivity contribution in [2.75, 3.05) is 11.9 Å². The first-order valence-corrected chi connectivity index (χ1v) is 10.4. The number of benzene rings is 3. The highest BCUT2D eigenvalue weighted by Crippen LogP contribution is 2.34. The Morgan fingerprint density at radius 3 is 2.14 bits per heavy atom. The largest absolute Gasteiger partial charge is 0.490 e. The summed E-state index contributed by atoms with van der Waals surface area (Å²) in [4.78, 5) is 12.6. The smallest absolute Gasteiger partial charge is 0.255 e. The molecule has 5 heteroatoms. The summed E-state index contributed by atoms with van der Waals surface area (Å²) in [6.07, 6.45) is 3.12. The van der Waals surface area contributed by atoms with Crippen molar-refractivity contribution in [1.29, 1.82) is 0 Å². The van der Waals surface area contributed by atoms with Crippen molar-refractivity contribution in [3.63, 3.8) is 0 Å². The van der Waals surface area contributed by atoms with Gasteiger partial charge in [-0.3, -0.25) is 4.79 Å². The molecule has 0 saturated heterocycles. The zero-order chi connectivity index (χ0) is 20.6. The highest BCUT2D eigenvalue weighted by Gasteiger charge is 2.14. The van der Waals surface area contributed by atoms with Crippen LogP contribution < -0.4 is 10.1 Å². The van der Waals surface area contributed by atoms with Crippen LogP contribution in [0.4, 0.5) is 5.69 Å². The summed E-state index contributed by atoms with van der Waals surface area (Å²) in [5.41, 5.74) is 3.28. The third-order valence-corrected chi connectivity index (χ3v) is 5.07. The molecule has 1 amide bonds. The monoisotopic (exact) mass is 427 g/mol. The van der Waals surface area contributed by atoms with Gasteiger partial charge in [0.2, 0.25) is 0 Å². The predicted octanol–water partition coefficient (Wildman–Crippen LogP) is 7.48. The molecule has 0 fully saturated rings. The van der Waals surface area contributed by atoms with E-state index in [9.17, 15) is 4.79 Å². The van der Waals surface area contributed by atoms with E-state index >= 15 is 0 Å².